The lowest BCUT2D eigenvalue weighted by Crippen LogP contribution is -2.47. The van der Waals surface area contributed by atoms with E-state index in [1.807, 2.05) is 0 Å². The van der Waals surface area contributed by atoms with Crippen LogP contribution in [0.15, 0.2) is 0 Å². The molecule has 0 radical (unpaired) electrons. The number of esters is 4. The third-order valence-corrected chi connectivity index (χ3v) is 2.45. The van der Waals surface area contributed by atoms with Crippen molar-refractivity contribution < 1.29 is 42.9 Å². The number of hydrogen-bond donors (Lipinski definition) is 0. The first-order valence-corrected chi connectivity index (χ1v) is 6.76. The molecule has 9 heteroatoms. The standard InChI is InChI=1S/C14H20O9/c1-8(16)20-7-13(22-10(3)18)14(23-11(4)19)12(5-6-15)21-9(2)17/h6,12-14H,5,7H2,1-4H3/t12-,13-,14-/m1/s1. The van der Waals surface area contributed by atoms with Gasteiger partial charge in [-0.25, -0.2) is 0 Å². The van der Waals surface area contributed by atoms with Crippen molar-refractivity contribution in [1.29, 1.82) is 0 Å². The minimum absolute atomic E-state index is 0.296. The lowest BCUT2D eigenvalue weighted by molar-refractivity contribution is -0.189. The summed E-state index contributed by atoms with van der Waals surface area (Å²) in [6, 6.07) is 0. The summed E-state index contributed by atoms with van der Waals surface area (Å²) in [6.45, 7) is 4.02. The summed E-state index contributed by atoms with van der Waals surface area (Å²) < 4.78 is 19.7. The number of ether oxygens (including phenoxy) is 4. The minimum atomic E-state index is -1.30. The van der Waals surface area contributed by atoms with Crippen LogP contribution in [0, 0.1) is 0 Å². The van der Waals surface area contributed by atoms with Gasteiger partial charge in [0, 0.05) is 34.1 Å². The Morgan fingerprint density at radius 3 is 1.65 bits per heavy atom. The van der Waals surface area contributed by atoms with Gasteiger partial charge in [0.05, 0.1) is 0 Å². The van der Waals surface area contributed by atoms with Gasteiger partial charge in [0.25, 0.3) is 0 Å². The zero-order valence-corrected chi connectivity index (χ0v) is 13.4. The number of rotatable bonds is 9. The van der Waals surface area contributed by atoms with Crippen LogP contribution < -0.4 is 0 Å². The summed E-state index contributed by atoms with van der Waals surface area (Å²) in [5.41, 5.74) is 0. The summed E-state index contributed by atoms with van der Waals surface area (Å²) in [7, 11) is 0. The fraction of sp³-hybridized carbons (Fsp3) is 0.643. The van der Waals surface area contributed by atoms with E-state index in [2.05, 4.69) is 0 Å². The molecule has 0 unspecified atom stereocenters. The maximum absolute atomic E-state index is 11.3. The molecule has 23 heavy (non-hydrogen) atoms. The molecule has 0 N–H and O–H groups in total. The number of carbonyl (C=O) groups excluding carboxylic acids is 5. The molecule has 0 aromatic heterocycles. The predicted octanol–water partition coefficient (Wildman–Crippen LogP) is -0.0664. The predicted molar refractivity (Wildman–Crippen MR) is 74.0 cm³/mol. The Morgan fingerprint density at radius 1 is 0.783 bits per heavy atom. The third kappa shape index (κ3) is 9.22. The largest absolute Gasteiger partial charge is 0.462 e. The Labute approximate surface area is 133 Å². The van der Waals surface area contributed by atoms with Gasteiger partial charge < -0.3 is 23.7 Å². The SMILES string of the molecule is CC(=O)OC[C@@H](OC(C)=O)[C@H](OC(C)=O)[C@@H](CC=O)OC(C)=O. The molecule has 0 aromatic carbocycles. The van der Waals surface area contributed by atoms with Gasteiger partial charge in [0.2, 0.25) is 0 Å². The van der Waals surface area contributed by atoms with E-state index in [1.54, 1.807) is 0 Å². The van der Waals surface area contributed by atoms with Gasteiger partial charge in [0.1, 0.15) is 19.0 Å². The van der Waals surface area contributed by atoms with E-state index >= 15 is 0 Å². The highest BCUT2D eigenvalue weighted by Crippen LogP contribution is 2.17. The van der Waals surface area contributed by atoms with Crippen LogP contribution in [-0.2, 0) is 42.9 Å². The van der Waals surface area contributed by atoms with Crippen LogP contribution in [0.25, 0.3) is 0 Å². The molecule has 9 nitrogen and oxygen atoms in total. The Kier molecular flexibility index (Phi) is 9.21. The third-order valence-electron chi connectivity index (χ3n) is 2.45. The van der Waals surface area contributed by atoms with Gasteiger partial charge in [-0.1, -0.05) is 0 Å². The summed E-state index contributed by atoms with van der Waals surface area (Å²) in [5, 5.41) is 0. The Bertz CT molecular complexity index is 457. The molecule has 0 heterocycles. The first-order chi connectivity index (χ1) is 10.7. The summed E-state index contributed by atoms with van der Waals surface area (Å²) in [4.78, 5) is 55.4. The molecule has 0 aliphatic heterocycles. The van der Waals surface area contributed by atoms with E-state index in [9.17, 15) is 24.0 Å². The second kappa shape index (κ2) is 10.3. The normalized spacial score (nSPS) is 13.9. The smallest absolute Gasteiger partial charge is 0.303 e. The maximum Gasteiger partial charge on any atom is 0.303 e. The van der Waals surface area contributed by atoms with E-state index < -0.39 is 48.8 Å². The number of aldehydes is 1. The van der Waals surface area contributed by atoms with Crippen molar-refractivity contribution in [3.05, 3.63) is 0 Å². The highest BCUT2D eigenvalue weighted by atomic mass is 16.6. The number of carbonyl (C=O) groups is 5. The van der Waals surface area contributed by atoms with E-state index in [4.69, 9.17) is 18.9 Å². The van der Waals surface area contributed by atoms with Crippen LogP contribution in [0.5, 0.6) is 0 Å². The van der Waals surface area contributed by atoms with Gasteiger partial charge in [-0.05, 0) is 0 Å². The van der Waals surface area contributed by atoms with Gasteiger partial charge in [0.15, 0.2) is 12.2 Å². The molecule has 0 saturated heterocycles. The maximum atomic E-state index is 11.3. The molecule has 0 bridgehead atoms. The molecular formula is C14H20O9. The van der Waals surface area contributed by atoms with Crippen molar-refractivity contribution in [3.8, 4) is 0 Å². The molecule has 0 aliphatic carbocycles. The molecule has 0 saturated carbocycles. The van der Waals surface area contributed by atoms with Crippen molar-refractivity contribution in [3.63, 3.8) is 0 Å². The molecule has 0 spiro atoms. The van der Waals surface area contributed by atoms with Crippen LogP contribution in [-0.4, -0.2) is 55.1 Å². The van der Waals surface area contributed by atoms with Crippen LogP contribution in [0.3, 0.4) is 0 Å². The first-order valence-electron chi connectivity index (χ1n) is 6.76. The highest BCUT2D eigenvalue weighted by molar-refractivity contribution is 5.69. The van der Waals surface area contributed by atoms with Crippen molar-refractivity contribution in [2.75, 3.05) is 6.61 Å². The van der Waals surface area contributed by atoms with E-state index in [0.29, 0.717) is 6.29 Å². The lowest BCUT2D eigenvalue weighted by atomic mass is 10.1. The summed E-state index contributed by atoms with van der Waals surface area (Å²) >= 11 is 0. The number of hydrogen-bond acceptors (Lipinski definition) is 9. The van der Waals surface area contributed by atoms with Gasteiger partial charge in [-0.15, -0.1) is 0 Å². The van der Waals surface area contributed by atoms with Crippen molar-refractivity contribution in [1.82, 2.24) is 0 Å². The zero-order chi connectivity index (χ0) is 18.0. The lowest BCUT2D eigenvalue weighted by Gasteiger charge is -2.30. The second-order valence-electron chi connectivity index (χ2n) is 4.57. The Hall–Kier alpha value is -2.45. The zero-order valence-electron chi connectivity index (χ0n) is 13.4. The van der Waals surface area contributed by atoms with Crippen LogP contribution in [0.4, 0.5) is 0 Å². The monoisotopic (exact) mass is 332 g/mol. The fourth-order valence-corrected chi connectivity index (χ4v) is 1.75. The minimum Gasteiger partial charge on any atom is -0.462 e. The molecule has 130 valence electrons. The van der Waals surface area contributed by atoms with Crippen LogP contribution >= 0.6 is 0 Å². The van der Waals surface area contributed by atoms with Gasteiger partial charge >= 0.3 is 23.9 Å². The van der Waals surface area contributed by atoms with Crippen molar-refractivity contribution in [2.45, 2.75) is 52.4 Å². The molecule has 0 aromatic rings. The topological polar surface area (TPSA) is 122 Å². The van der Waals surface area contributed by atoms with E-state index in [0.717, 1.165) is 27.7 Å². The van der Waals surface area contributed by atoms with Crippen molar-refractivity contribution in [2.24, 2.45) is 0 Å². The average molecular weight is 332 g/mol. The Balaban J connectivity index is 5.45. The first kappa shape index (κ1) is 20.6. The van der Waals surface area contributed by atoms with Crippen LogP contribution in [0.2, 0.25) is 0 Å². The fourth-order valence-electron chi connectivity index (χ4n) is 1.75. The van der Waals surface area contributed by atoms with E-state index in [1.165, 1.54) is 0 Å². The van der Waals surface area contributed by atoms with Gasteiger partial charge in [-0.2, -0.15) is 0 Å². The molecule has 0 fully saturated rings. The molecule has 0 amide bonds. The molecule has 0 rings (SSSR count). The molecule has 3 atom stereocenters. The van der Waals surface area contributed by atoms with Crippen LogP contribution in [0.1, 0.15) is 34.1 Å². The van der Waals surface area contributed by atoms with Crippen molar-refractivity contribution >= 4 is 30.2 Å². The molecule has 0 aliphatic rings. The second-order valence-corrected chi connectivity index (χ2v) is 4.57. The highest BCUT2D eigenvalue weighted by Gasteiger charge is 2.37. The Morgan fingerprint density at radius 2 is 1.26 bits per heavy atom. The van der Waals surface area contributed by atoms with E-state index in [-0.39, 0.29) is 6.42 Å². The summed E-state index contributed by atoms with van der Waals surface area (Å²) in [6.07, 6.45) is -3.56. The average Bonchev–Trinajstić information content (AvgIpc) is 2.39. The molecular weight excluding hydrogens is 312 g/mol. The summed E-state index contributed by atoms with van der Waals surface area (Å²) in [5.74, 6) is -2.85. The quantitative estimate of drug-likeness (QED) is 0.324. The van der Waals surface area contributed by atoms with Gasteiger partial charge in [-0.3, -0.25) is 19.2 Å².